The van der Waals surface area contributed by atoms with Crippen LogP contribution in [0, 0.1) is 6.92 Å². The van der Waals surface area contributed by atoms with Crippen LogP contribution in [0.15, 0.2) is 39.0 Å². The van der Waals surface area contributed by atoms with E-state index in [0.29, 0.717) is 0 Å². The van der Waals surface area contributed by atoms with Crippen LogP contribution in [0.3, 0.4) is 0 Å². The highest BCUT2D eigenvalue weighted by Crippen LogP contribution is 2.30. The minimum Gasteiger partial charge on any atom is -0.313 e. The Hall–Kier alpha value is -0.840. The Balaban J connectivity index is 2.08. The molecule has 0 aliphatic rings. The van der Waals surface area contributed by atoms with Crippen LogP contribution in [0.5, 0.6) is 0 Å². The Morgan fingerprint density at radius 2 is 2.29 bits per heavy atom. The number of benzene rings is 1. The molecule has 2 aromatic rings. The molecular formula is C13H16N2S2. The number of hydrogen-bond donors (Lipinski definition) is 1. The monoisotopic (exact) mass is 264 g/mol. The van der Waals surface area contributed by atoms with E-state index in [2.05, 4.69) is 42.3 Å². The van der Waals surface area contributed by atoms with E-state index < -0.39 is 0 Å². The molecule has 0 bridgehead atoms. The van der Waals surface area contributed by atoms with Crippen LogP contribution in [0.1, 0.15) is 18.1 Å². The van der Waals surface area contributed by atoms with Crippen molar-refractivity contribution < 1.29 is 0 Å². The van der Waals surface area contributed by atoms with Gasteiger partial charge in [0.15, 0.2) is 4.34 Å². The molecule has 0 fully saturated rings. The van der Waals surface area contributed by atoms with Crippen molar-refractivity contribution in [1.29, 1.82) is 0 Å². The summed E-state index contributed by atoms with van der Waals surface area (Å²) in [6, 6.07) is 6.61. The smallest absolute Gasteiger partial charge is 0.154 e. The zero-order valence-electron chi connectivity index (χ0n) is 10.1. The fraction of sp³-hybridized carbons (Fsp3) is 0.308. The second-order valence-electron chi connectivity index (χ2n) is 3.77. The van der Waals surface area contributed by atoms with E-state index in [1.165, 1.54) is 16.0 Å². The minimum absolute atomic E-state index is 0.949. The van der Waals surface area contributed by atoms with E-state index in [0.717, 1.165) is 17.4 Å². The summed E-state index contributed by atoms with van der Waals surface area (Å²) >= 11 is 3.41. The molecule has 17 heavy (non-hydrogen) atoms. The standard InChI is InChI=1S/C13H16N2S2/c1-3-14-9-11-4-5-12(8-10(11)2)17-13-15-6-7-16-13/h4-8,14H,3,9H2,1-2H3. The van der Waals surface area contributed by atoms with Gasteiger partial charge >= 0.3 is 0 Å². The molecule has 0 amide bonds. The van der Waals surface area contributed by atoms with E-state index >= 15 is 0 Å². The third-order valence-electron chi connectivity index (χ3n) is 2.49. The van der Waals surface area contributed by atoms with Crippen molar-refractivity contribution >= 4 is 23.1 Å². The van der Waals surface area contributed by atoms with Gasteiger partial charge in [0, 0.05) is 23.0 Å². The topological polar surface area (TPSA) is 24.9 Å². The molecular weight excluding hydrogens is 248 g/mol. The van der Waals surface area contributed by atoms with E-state index in [9.17, 15) is 0 Å². The first-order valence-corrected chi connectivity index (χ1v) is 7.37. The number of hydrogen-bond acceptors (Lipinski definition) is 4. The maximum atomic E-state index is 4.28. The van der Waals surface area contributed by atoms with Crippen LogP contribution < -0.4 is 5.32 Å². The lowest BCUT2D eigenvalue weighted by molar-refractivity contribution is 0.723. The molecule has 1 aromatic carbocycles. The number of nitrogens with zero attached hydrogens (tertiary/aromatic N) is 1. The SMILES string of the molecule is CCNCc1ccc(Sc2nccs2)cc1C. The fourth-order valence-electron chi connectivity index (χ4n) is 1.55. The van der Waals surface area contributed by atoms with Gasteiger partial charge in [0.05, 0.1) is 0 Å². The molecule has 0 saturated carbocycles. The largest absolute Gasteiger partial charge is 0.313 e. The van der Waals surface area contributed by atoms with Crippen LogP contribution in [-0.2, 0) is 6.54 Å². The first-order chi connectivity index (χ1) is 8.29. The maximum absolute atomic E-state index is 4.28. The van der Waals surface area contributed by atoms with Crippen LogP contribution >= 0.6 is 23.1 Å². The Bertz CT molecular complexity index is 466. The number of aryl methyl sites for hydroxylation is 1. The second-order valence-corrected chi connectivity index (χ2v) is 5.98. The van der Waals surface area contributed by atoms with Crippen molar-refractivity contribution in [3.05, 3.63) is 40.9 Å². The molecule has 0 aliphatic carbocycles. The number of thiazole rings is 1. The van der Waals surface area contributed by atoms with Crippen molar-refractivity contribution in [2.45, 2.75) is 29.6 Å². The zero-order chi connectivity index (χ0) is 12.1. The fourth-order valence-corrected chi connectivity index (χ4v) is 3.25. The third-order valence-corrected chi connectivity index (χ3v) is 4.37. The Morgan fingerprint density at radius 3 is 2.94 bits per heavy atom. The lowest BCUT2D eigenvalue weighted by atomic mass is 10.1. The number of rotatable bonds is 5. The highest BCUT2D eigenvalue weighted by atomic mass is 32.2. The van der Waals surface area contributed by atoms with Crippen molar-refractivity contribution in [1.82, 2.24) is 10.3 Å². The molecule has 0 saturated heterocycles. The lowest BCUT2D eigenvalue weighted by Gasteiger charge is -2.08. The van der Waals surface area contributed by atoms with Crippen LogP contribution in [-0.4, -0.2) is 11.5 Å². The van der Waals surface area contributed by atoms with Gasteiger partial charge < -0.3 is 5.32 Å². The van der Waals surface area contributed by atoms with E-state index in [1.807, 2.05) is 11.6 Å². The molecule has 1 heterocycles. The predicted octanol–water partition coefficient (Wildman–Crippen LogP) is 3.71. The van der Waals surface area contributed by atoms with Crippen LogP contribution in [0.4, 0.5) is 0 Å². The normalized spacial score (nSPS) is 10.7. The molecule has 2 nitrogen and oxygen atoms in total. The molecule has 2 rings (SSSR count). The zero-order valence-corrected chi connectivity index (χ0v) is 11.7. The summed E-state index contributed by atoms with van der Waals surface area (Å²) in [6.45, 7) is 6.25. The average molecular weight is 264 g/mol. The summed E-state index contributed by atoms with van der Waals surface area (Å²) in [4.78, 5) is 5.54. The van der Waals surface area contributed by atoms with Crippen LogP contribution in [0.25, 0.3) is 0 Å². The van der Waals surface area contributed by atoms with E-state index in [4.69, 9.17) is 0 Å². The second kappa shape index (κ2) is 6.19. The van der Waals surface area contributed by atoms with Gasteiger partial charge in [-0.2, -0.15) is 0 Å². The molecule has 0 aliphatic heterocycles. The molecule has 4 heteroatoms. The van der Waals surface area contributed by atoms with Crippen molar-refractivity contribution in [2.75, 3.05) is 6.54 Å². The lowest BCUT2D eigenvalue weighted by Crippen LogP contribution is -2.12. The summed E-state index contributed by atoms with van der Waals surface area (Å²) in [5.74, 6) is 0. The summed E-state index contributed by atoms with van der Waals surface area (Å²) in [5, 5.41) is 5.36. The van der Waals surface area contributed by atoms with E-state index in [-0.39, 0.29) is 0 Å². The van der Waals surface area contributed by atoms with Gasteiger partial charge in [-0.3, -0.25) is 0 Å². The summed E-state index contributed by atoms with van der Waals surface area (Å²) in [7, 11) is 0. The van der Waals surface area contributed by atoms with Gasteiger partial charge in [0.25, 0.3) is 0 Å². The Morgan fingerprint density at radius 1 is 1.41 bits per heavy atom. The molecule has 0 unspecified atom stereocenters. The molecule has 1 N–H and O–H groups in total. The average Bonchev–Trinajstić information content (AvgIpc) is 2.81. The first-order valence-electron chi connectivity index (χ1n) is 5.67. The predicted molar refractivity (Wildman–Crippen MR) is 74.8 cm³/mol. The molecule has 0 atom stereocenters. The molecule has 1 aromatic heterocycles. The van der Waals surface area contributed by atoms with Crippen molar-refractivity contribution in [3.63, 3.8) is 0 Å². The summed E-state index contributed by atoms with van der Waals surface area (Å²) < 4.78 is 1.10. The number of nitrogens with one attached hydrogen (secondary N) is 1. The van der Waals surface area contributed by atoms with Crippen molar-refractivity contribution in [2.24, 2.45) is 0 Å². The molecule has 90 valence electrons. The highest BCUT2D eigenvalue weighted by molar-refractivity contribution is 8.01. The van der Waals surface area contributed by atoms with Crippen LogP contribution in [0.2, 0.25) is 0 Å². The van der Waals surface area contributed by atoms with Gasteiger partial charge in [-0.1, -0.05) is 24.8 Å². The molecule has 0 radical (unpaired) electrons. The van der Waals surface area contributed by atoms with Gasteiger partial charge in [-0.25, -0.2) is 4.98 Å². The summed E-state index contributed by atoms with van der Waals surface area (Å²) in [5.41, 5.74) is 2.71. The maximum Gasteiger partial charge on any atom is 0.154 e. The quantitative estimate of drug-likeness (QED) is 0.891. The first kappa shape index (κ1) is 12.6. The Labute approximate surface area is 110 Å². The van der Waals surface area contributed by atoms with Gasteiger partial charge in [0.1, 0.15) is 0 Å². The minimum atomic E-state index is 0.949. The van der Waals surface area contributed by atoms with Gasteiger partial charge in [-0.15, -0.1) is 11.3 Å². The van der Waals surface area contributed by atoms with E-state index in [1.54, 1.807) is 23.1 Å². The van der Waals surface area contributed by atoms with Gasteiger partial charge in [-0.05, 0) is 36.7 Å². The van der Waals surface area contributed by atoms with Gasteiger partial charge in [0.2, 0.25) is 0 Å². The Kier molecular flexibility index (Phi) is 4.59. The van der Waals surface area contributed by atoms with Crippen molar-refractivity contribution in [3.8, 4) is 0 Å². The summed E-state index contributed by atoms with van der Waals surface area (Å²) in [6.07, 6.45) is 1.85. The number of aromatic nitrogens is 1. The highest BCUT2D eigenvalue weighted by Gasteiger charge is 2.03. The third kappa shape index (κ3) is 3.56. The molecule has 0 spiro atoms.